The number of hydrogen-bond donors (Lipinski definition) is 2. The fourth-order valence-corrected chi connectivity index (χ4v) is 3.71. The van der Waals surface area contributed by atoms with Gasteiger partial charge in [0.1, 0.15) is 0 Å². The zero-order valence-electron chi connectivity index (χ0n) is 17.3. The van der Waals surface area contributed by atoms with E-state index in [2.05, 4.69) is 10.7 Å². The molecule has 1 heterocycles. The van der Waals surface area contributed by atoms with Crippen molar-refractivity contribution in [2.75, 3.05) is 0 Å². The minimum Gasteiger partial charge on any atom is -0.334 e. The normalized spacial score (nSPS) is 19.3. The van der Waals surface area contributed by atoms with Crippen LogP contribution < -0.4 is 10.7 Å². The predicted octanol–water partition coefficient (Wildman–Crippen LogP) is 3.97. The van der Waals surface area contributed by atoms with Crippen LogP contribution in [0.15, 0.2) is 72.8 Å². The van der Waals surface area contributed by atoms with Crippen molar-refractivity contribution in [2.24, 2.45) is 0 Å². The Hall–Kier alpha value is -3.44. The van der Waals surface area contributed by atoms with Gasteiger partial charge in [0.2, 0.25) is 12.3 Å². The van der Waals surface area contributed by atoms with Gasteiger partial charge in [-0.05, 0) is 50.2 Å². The maximum absolute atomic E-state index is 12.9. The maximum atomic E-state index is 12.9. The largest absolute Gasteiger partial charge is 0.334 e. The fraction of sp³-hybridized carbons (Fsp3) is 0.160. The van der Waals surface area contributed by atoms with E-state index in [-0.39, 0.29) is 11.8 Å². The van der Waals surface area contributed by atoms with Crippen LogP contribution in [0.3, 0.4) is 0 Å². The molecule has 1 fully saturated rings. The van der Waals surface area contributed by atoms with E-state index in [0.717, 1.165) is 22.3 Å². The van der Waals surface area contributed by atoms with Crippen molar-refractivity contribution in [3.05, 3.63) is 106 Å². The molecule has 0 saturated carbocycles. The number of benzene rings is 3. The Morgan fingerprint density at radius 1 is 0.935 bits per heavy atom. The Kier molecular flexibility index (Phi) is 5.87. The summed E-state index contributed by atoms with van der Waals surface area (Å²) in [5.41, 5.74) is 7.50. The molecule has 4 rings (SSSR count). The van der Waals surface area contributed by atoms with E-state index in [1.165, 1.54) is 0 Å². The van der Waals surface area contributed by atoms with E-state index in [1.54, 1.807) is 28.9 Å². The lowest BCUT2D eigenvalue weighted by molar-refractivity contribution is -0.596. The fourth-order valence-electron chi connectivity index (χ4n) is 3.58. The number of carbonyl (C=O) groups is 2. The van der Waals surface area contributed by atoms with E-state index in [1.807, 2.05) is 68.6 Å². The van der Waals surface area contributed by atoms with Gasteiger partial charge in [-0.1, -0.05) is 59.1 Å². The molecule has 3 aromatic rings. The molecule has 1 aliphatic heterocycles. The Balaban J connectivity index is 1.69. The molecule has 0 bridgehead atoms. The van der Waals surface area contributed by atoms with Gasteiger partial charge in [0, 0.05) is 21.7 Å². The summed E-state index contributed by atoms with van der Waals surface area (Å²) < 4.78 is 1.77. The molecule has 2 amide bonds. The van der Waals surface area contributed by atoms with E-state index in [4.69, 9.17) is 11.6 Å². The van der Waals surface area contributed by atoms with Crippen molar-refractivity contribution in [3.63, 3.8) is 0 Å². The number of amides is 2. The first-order valence-electron chi connectivity index (χ1n) is 10.0. The van der Waals surface area contributed by atoms with E-state index in [9.17, 15) is 9.59 Å². The molecule has 2 N–H and O–H groups in total. The first kappa shape index (κ1) is 20.8. The monoisotopic (exact) mass is 432 g/mol. The first-order chi connectivity index (χ1) is 14.9. The van der Waals surface area contributed by atoms with Gasteiger partial charge in [-0.3, -0.25) is 9.59 Å². The van der Waals surface area contributed by atoms with E-state index in [0.29, 0.717) is 10.6 Å². The lowest BCUT2D eigenvalue weighted by Gasteiger charge is -2.15. The van der Waals surface area contributed by atoms with Crippen LogP contribution in [-0.2, 0) is 4.79 Å². The second-order valence-corrected chi connectivity index (χ2v) is 8.17. The quantitative estimate of drug-likeness (QED) is 0.613. The number of nitrogens with zero attached hydrogens (tertiary/aromatic N) is 1. The molecule has 0 aromatic heterocycles. The van der Waals surface area contributed by atoms with Crippen LogP contribution in [0.1, 0.15) is 38.7 Å². The summed E-state index contributed by atoms with van der Waals surface area (Å²) in [7, 11) is 0. The van der Waals surface area contributed by atoms with Crippen molar-refractivity contribution < 1.29 is 14.3 Å². The SMILES string of the molecule is Cc1ccc(/C=[N+]2\NC(=O)[C@H](NC(=O)c3ccc(Cl)cc3)[C@@H]2c2ccc(C)cc2)cc1. The minimum absolute atomic E-state index is 0.267. The number of aryl methyl sites for hydroxylation is 2. The topological polar surface area (TPSA) is 61.2 Å². The summed E-state index contributed by atoms with van der Waals surface area (Å²) in [6.45, 7) is 4.04. The Morgan fingerprint density at radius 2 is 1.52 bits per heavy atom. The van der Waals surface area contributed by atoms with Crippen LogP contribution in [0.4, 0.5) is 0 Å². The number of carbonyl (C=O) groups excluding carboxylic acids is 2. The second kappa shape index (κ2) is 8.74. The van der Waals surface area contributed by atoms with Crippen molar-refractivity contribution in [2.45, 2.75) is 25.9 Å². The standard InChI is InChI=1S/C25H22ClN3O2/c1-16-3-7-18(8-4-16)15-29-23(19-9-5-17(2)6-10-19)22(25(31)28-29)27-24(30)20-11-13-21(26)14-12-20/h3-15,22-23H,1-2H3,(H-,27,28,30,31)/p+1/b29-15-/t22-,23+/m1/s1. The molecule has 0 aliphatic carbocycles. The Labute approximate surface area is 186 Å². The van der Waals surface area contributed by atoms with Crippen molar-refractivity contribution in [3.8, 4) is 0 Å². The van der Waals surface area contributed by atoms with Crippen LogP contribution in [-0.4, -0.2) is 28.8 Å². The lowest BCUT2D eigenvalue weighted by atomic mass is 9.98. The first-order valence-corrected chi connectivity index (χ1v) is 10.4. The second-order valence-electron chi connectivity index (χ2n) is 7.74. The van der Waals surface area contributed by atoms with Gasteiger partial charge in [0.05, 0.1) is 0 Å². The highest BCUT2D eigenvalue weighted by Crippen LogP contribution is 2.26. The predicted molar refractivity (Wildman–Crippen MR) is 121 cm³/mol. The van der Waals surface area contributed by atoms with Crippen LogP contribution in [0.25, 0.3) is 0 Å². The molecule has 0 unspecified atom stereocenters. The van der Waals surface area contributed by atoms with Gasteiger partial charge in [0.25, 0.3) is 5.91 Å². The van der Waals surface area contributed by atoms with Gasteiger partial charge in [-0.25, -0.2) is 0 Å². The lowest BCUT2D eigenvalue weighted by Crippen LogP contribution is -2.42. The van der Waals surface area contributed by atoms with Gasteiger partial charge in [-0.2, -0.15) is 0 Å². The zero-order chi connectivity index (χ0) is 22.0. The molecular weight excluding hydrogens is 410 g/mol. The molecular formula is C25H23ClN3O2+. The minimum atomic E-state index is -0.757. The van der Waals surface area contributed by atoms with Crippen molar-refractivity contribution in [1.29, 1.82) is 0 Å². The molecule has 3 aromatic carbocycles. The highest BCUT2D eigenvalue weighted by atomic mass is 35.5. The number of nitrogens with one attached hydrogen (secondary N) is 2. The van der Waals surface area contributed by atoms with E-state index < -0.39 is 12.1 Å². The number of halogens is 1. The average Bonchev–Trinajstić information content (AvgIpc) is 3.05. The average molecular weight is 433 g/mol. The highest BCUT2D eigenvalue weighted by Gasteiger charge is 2.47. The van der Waals surface area contributed by atoms with Crippen LogP contribution in [0.2, 0.25) is 5.02 Å². The molecule has 6 heteroatoms. The van der Waals surface area contributed by atoms with Gasteiger partial charge < -0.3 is 5.32 Å². The molecule has 2 atom stereocenters. The third-order valence-electron chi connectivity index (χ3n) is 5.31. The van der Waals surface area contributed by atoms with Crippen molar-refractivity contribution >= 4 is 29.6 Å². The maximum Gasteiger partial charge on any atom is 0.304 e. The highest BCUT2D eigenvalue weighted by molar-refractivity contribution is 6.30. The van der Waals surface area contributed by atoms with Crippen LogP contribution in [0.5, 0.6) is 0 Å². The van der Waals surface area contributed by atoms with E-state index >= 15 is 0 Å². The van der Waals surface area contributed by atoms with Gasteiger partial charge in [0.15, 0.2) is 6.04 Å². The molecule has 1 aliphatic rings. The summed E-state index contributed by atoms with van der Waals surface area (Å²) in [6.07, 6.45) is 1.89. The molecule has 1 saturated heterocycles. The van der Waals surface area contributed by atoms with Crippen molar-refractivity contribution in [1.82, 2.24) is 10.7 Å². The molecule has 156 valence electrons. The van der Waals surface area contributed by atoms with Gasteiger partial charge >= 0.3 is 5.91 Å². The summed E-state index contributed by atoms with van der Waals surface area (Å²) in [4.78, 5) is 25.7. The van der Waals surface area contributed by atoms with Crippen LogP contribution in [0, 0.1) is 13.8 Å². The molecule has 5 nitrogen and oxygen atoms in total. The number of rotatable bonds is 4. The number of hydrazone groups is 1. The number of hydrogen-bond acceptors (Lipinski definition) is 2. The zero-order valence-corrected chi connectivity index (χ0v) is 18.1. The van der Waals surface area contributed by atoms with Gasteiger partial charge in [-0.15, -0.1) is 10.1 Å². The smallest absolute Gasteiger partial charge is 0.304 e. The number of hydrazine groups is 1. The molecule has 0 spiro atoms. The summed E-state index contributed by atoms with van der Waals surface area (Å²) >= 11 is 5.93. The molecule has 0 radical (unpaired) electrons. The third-order valence-corrected chi connectivity index (χ3v) is 5.57. The third kappa shape index (κ3) is 4.67. The molecule has 31 heavy (non-hydrogen) atoms. The Morgan fingerprint density at radius 3 is 2.13 bits per heavy atom. The summed E-state index contributed by atoms with van der Waals surface area (Å²) in [6, 6.07) is 21.4. The summed E-state index contributed by atoms with van der Waals surface area (Å²) in [5.74, 6) is -0.595. The summed E-state index contributed by atoms with van der Waals surface area (Å²) in [5, 5.41) is 3.44. The van der Waals surface area contributed by atoms with Crippen LogP contribution >= 0.6 is 11.6 Å². The Bertz CT molecular complexity index is 1140.